The minimum Gasteiger partial charge on any atom is -0.382 e. The highest BCUT2D eigenvalue weighted by Gasteiger charge is 2.05. The van der Waals surface area contributed by atoms with Crippen molar-refractivity contribution in [3.8, 4) is 0 Å². The molecule has 1 amide bonds. The fraction of sp³-hybridized carbons (Fsp3) is 0.889. The van der Waals surface area contributed by atoms with Gasteiger partial charge in [-0.3, -0.25) is 4.79 Å². The summed E-state index contributed by atoms with van der Waals surface area (Å²) in [6.07, 6.45) is 1.39. The predicted octanol–water partition coefficient (Wildman–Crippen LogP) is 0.265. The van der Waals surface area contributed by atoms with Gasteiger partial charge in [-0.05, 0) is 20.3 Å². The van der Waals surface area contributed by atoms with Gasteiger partial charge in [0.2, 0.25) is 5.91 Å². The summed E-state index contributed by atoms with van der Waals surface area (Å²) in [6.45, 7) is 4.34. The molecular formula is C9H20N2O2. The van der Waals surface area contributed by atoms with Crippen molar-refractivity contribution in [2.75, 3.05) is 13.7 Å². The van der Waals surface area contributed by atoms with Crippen LogP contribution in [0.2, 0.25) is 0 Å². The molecule has 0 saturated carbocycles. The number of nitrogens with two attached hydrogens (primary N) is 1. The largest absolute Gasteiger partial charge is 0.382 e. The van der Waals surface area contributed by atoms with E-state index in [1.165, 1.54) is 0 Å². The van der Waals surface area contributed by atoms with Crippen molar-refractivity contribution in [1.29, 1.82) is 0 Å². The molecule has 13 heavy (non-hydrogen) atoms. The molecule has 0 radical (unpaired) electrons. The zero-order valence-electron chi connectivity index (χ0n) is 8.67. The number of ether oxygens (including phenoxy) is 1. The first-order valence-corrected chi connectivity index (χ1v) is 4.61. The van der Waals surface area contributed by atoms with E-state index in [1.54, 1.807) is 7.11 Å². The van der Waals surface area contributed by atoms with Crippen LogP contribution in [0.3, 0.4) is 0 Å². The lowest BCUT2D eigenvalue weighted by molar-refractivity contribution is -0.121. The Morgan fingerprint density at radius 1 is 1.54 bits per heavy atom. The van der Waals surface area contributed by atoms with Crippen molar-refractivity contribution in [3.05, 3.63) is 0 Å². The standard InChI is InChI=1S/C9H20N2O2/c1-7(10)6-11-9(12)5-4-8(2)13-3/h7-8H,4-6,10H2,1-3H3,(H,11,12). The number of amides is 1. The molecule has 2 unspecified atom stereocenters. The van der Waals surface area contributed by atoms with Gasteiger partial charge in [0.15, 0.2) is 0 Å². The lowest BCUT2D eigenvalue weighted by atomic mass is 10.2. The molecule has 2 atom stereocenters. The Labute approximate surface area is 79.8 Å². The summed E-state index contributed by atoms with van der Waals surface area (Å²) in [6, 6.07) is 0.0174. The van der Waals surface area contributed by atoms with Crippen molar-refractivity contribution in [3.63, 3.8) is 0 Å². The Hall–Kier alpha value is -0.610. The highest BCUT2D eigenvalue weighted by molar-refractivity contribution is 5.75. The Morgan fingerprint density at radius 3 is 2.62 bits per heavy atom. The number of methoxy groups -OCH3 is 1. The van der Waals surface area contributed by atoms with Crippen molar-refractivity contribution in [2.24, 2.45) is 5.73 Å². The van der Waals surface area contributed by atoms with Gasteiger partial charge in [0.05, 0.1) is 6.10 Å². The van der Waals surface area contributed by atoms with Crippen molar-refractivity contribution in [2.45, 2.75) is 38.8 Å². The predicted molar refractivity (Wildman–Crippen MR) is 52.4 cm³/mol. The molecule has 0 aromatic heterocycles. The van der Waals surface area contributed by atoms with E-state index in [-0.39, 0.29) is 18.1 Å². The zero-order chi connectivity index (χ0) is 10.3. The van der Waals surface area contributed by atoms with Crippen LogP contribution in [0.15, 0.2) is 0 Å². The Bertz CT molecular complexity index is 149. The van der Waals surface area contributed by atoms with Crippen LogP contribution in [0.4, 0.5) is 0 Å². The quantitative estimate of drug-likeness (QED) is 0.628. The molecule has 0 spiro atoms. The second kappa shape index (κ2) is 6.86. The van der Waals surface area contributed by atoms with Crippen LogP contribution >= 0.6 is 0 Å². The van der Waals surface area contributed by atoms with Gasteiger partial charge in [-0.2, -0.15) is 0 Å². The number of carbonyl (C=O) groups excluding carboxylic acids is 1. The van der Waals surface area contributed by atoms with E-state index in [0.29, 0.717) is 13.0 Å². The fourth-order valence-electron chi connectivity index (χ4n) is 0.815. The first kappa shape index (κ1) is 12.4. The summed E-state index contributed by atoms with van der Waals surface area (Å²) in [5.74, 6) is 0.0428. The van der Waals surface area contributed by atoms with Gasteiger partial charge in [0.25, 0.3) is 0 Å². The lowest BCUT2D eigenvalue weighted by Gasteiger charge is -2.10. The van der Waals surface area contributed by atoms with Crippen LogP contribution in [-0.4, -0.2) is 31.7 Å². The van der Waals surface area contributed by atoms with Gasteiger partial charge in [0, 0.05) is 26.1 Å². The van der Waals surface area contributed by atoms with Gasteiger partial charge in [0.1, 0.15) is 0 Å². The summed E-state index contributed by atoms with van der Waals surface area (Å²) in [5, 5.41) is 2.74. The maximum absolute atomic E-state index is 11.1. The Morgan fingerprint density at radius 2 is 2.15 bits per heavy atom. The monoisotopic (exact) mass is 188 g/mol. The topological polar surface area (TPSA) is 64.3 Å². The summed E-state index contributed by atoms with van der Waals surface area (Å²) >= 11 is 0. The molecule has 4 nitrogen and oxygen atoms in total. The highest BCUT2D eigenvalue weighted by Crippen LogP contribution is 1.99. The molecule has 0 aromatic rings. The number of rotatable bonds is 6. The number of carbonyl (C=O) groups is 1. The van der Waals surface area contributed by atoms with Crippen molar-refractivity contribution in [1.82, 2.24) is 5.32 Å². The van der Waals surface area contributed by atoms with Crippen LogP contribution in [0.25, 0.3) is 0 Å². The molecule has 0 heterocycles. The average Bonchev–Trinajstić information content (AvgIpc) is 2.10. The van der Waals surface area contributed by atoms with E-state index in [4.69, 9.17) is 10.5 Å². The molecule has 0 fully saturated rings. The molecule has 0 aliphatic carbocycles. The van der Waals surface area contributed by atoms with Gasteiger partial charge >= 0.3 is 0 Å². The molecule has 0 rings (SSSR count). The molecule has 0 bridgehead atoms. The summed E-state index contributed by atoms with van der Waals surface area (Å²) in [4.78, 5) is 11.1. The van der Waals surface area contributed by atoms with Gasteiger partial charge < -0.3 is 15.8 Å². The second-order valence-electron chi connectivity index (χ2n) is 3.37. The number of hydrogen-bond acceptors (Lipinski definition) is 3. The normalized spacial score (nSPS) is 15.1. The number of nitrogens with one attached hydrogen (secondary N) is 1. The highest BCUT2D eigenvalue weighted by atomic mass is 16.5. The maximum Gasteiger partial charge on any atom is 0.220 e. The molecule has 0 saturated heterocycles. The van der Waals surface area contributed by atoms with Crippen LogP contribution in [-0.2, 0) is 9.53 Å². The second-order valence-corrected chi connectivity index (χ2v) is 3.37. The van der Waals surface area contributed by atoms with E-state index in [1.807, 2.05) is 13.8 Å². The van der Waals surface area contributed by atoms with Crippen LogP contribution in [0, 0.1) is 0 Å². The number of hydrogen-bond donors (Lipinski definition) is 2. The third kappa shape index (κ3) is 7.74. The molecule has 0 aliphatic rings. The maximum atomic E-state index is 11.1. The Kier molecular flexibility index (Phi) is 6.54. The summed E-state index contributed by atoms with van der Waals surface area (Å²) < 4.78 is 5.02. The first-order chi connectivity index (χ1) is 6.06. The molecule has 0 aromatic carbocycles. The fourth-order valence-corrected chi connectivity index (χ4v) is 0.815. The molecular weight excluding hydrogens is 168 g/mol. The Balaban J connectivity index is 3.40. The molecule has 0 aliphatic heterocycles. The van der Waals surface area contributed by atoms with Gasteiger partial charge in [-0.1, -0.05) is 0 Å². The first-order valence-electron chi connectivity index (χ1n) is 4.61. The van der Waals surface area contributed by atoms with Gasteiger partial charge in [-0.25, -0.2) is 0 Å². The molecule has 3 N–H and O–H groups in total. The van der Waals surface area contributed by atoms with E-state index >= 15 is 0 Å². The SMILES string of the molecule is COC(C)CCC(=O)NCC(C)N. The zero-order valence-corrected chi connectivity index (χ0v) is 8.67. The third-order valence-electron chi connectivity index (χ3n) is 1.80. The lowest BCUT2D eigenvalue weighted by Crippen LogP contribution is -2.35. The van der Waals surface area contributed by atoms with E-state index in [2.05, 4.69) is 5.32 Å². The van der Waals surface area contributed by atoms with Crippen LogP contribution < -0.4 is 11.1 Å². The van der Waals surface area contributed by atoms with Crippen LogP contribution in [0.1, 0.15) is 26.7 Å². The van der Waals surface area contributed by atoms with E-state index in [9.17, 15) is 4.79 Å². The van der Waals surface area contributed by atoms with E-state index in [0.717, 1.165) is 6.42 Å². The minimum absolute atomic E-state index is 0.0174. The minimum atomic E-state index is 0.0174. The molecule has 4 heteroatoms. The van der Waals surface area contributed by atoms with Crippen molar-refractivity contribution < 1.29 is 9.53 Å². The third-order valence-corrected chi connectivity index (χ3v) is 1.80. The van der Waals surface area contributed by atoms with Gasteiger partial charge in [-0.15, -0.1) is 0 Å². The summed E-state index contributed by atoms with van der Waals surface area (Å²) in [7, 11) is 1.64. The van der Waals surface area contributed by atoms with E-state index < -0.39 is 0 Å². The van der Waals surface area contributed by atoms with Crippen LogP contribution in [0.5, 0.6) is 0 Å². The average molecular weight is 188 g/mol. The van der Waals surface area contributed by atoms with Crippen molar-refractivity contribution >= 4 is 5.91 Å². The smallest absolute Gasteiger partial charge is 0.220 e. The summed E-state index contributed by atoms with van der Waals surface area (Å²) in [5.41, 5.74) is 5.48. The molecule has 78 valence electrons.